The third-order valence-electron chi connectivity index (χ3n) is 4.63. The van der Waals surface area contributed by atoms with Gasteiger partial charge in [-0.25, -0.2) is 4.79 Å². The molecule has 0 saturated carbocycles. The molecule has 5 nitrogen and oxygen atoms in total. The predicted octanol–water partition coefficient (Wildman–Crippen LogP) is 2.15. The Morgan fingerprint density at radius 2 is 1.91 bits per heavy atom. The highest BCUT2D eigenvalue weighted by molar-refractivity contribution is 5.82. The molecule has 1 aromatic carbocycles. The first kappa shape index (κ1) is 14.9. The summed E-state index contributed by atoms with van der Waals surface area (Å²) in [5.74, 6) is 0.114. The van der Waals surface area contributed by atoms with E-state index < -0.39 is 0 Å². The molecular formula is C17H23N3O2. The molecule has 0 aromatic heterocycles. The topological polar surface area (TPSA) is 52.7 Å². The second kappa shape index (κ2) is 6.38. The smallest absolute Gasteiger partial charge is 0.317 e. The highest BCUT2D eigenvalue weighted by atomic mass is 16.2. The summed E-state index contributed by atoms with van der Waals surface area (Å²) in [4.78, 5) is 28.1. The molecule has 0 spiro atoms. The van der Waals surface area contributed by atoms with E-state index in [1.807, 2.05) is 47.1 Å². The highest BCUT2D eigenvalue weighted by Crippen LogP contribution is 2.25. The van der Waals surface area contributed by atoms with Crippen LogP contribution >= 0.6 is 0 Å². The zero-order chi connectivity index (χ0) is 15.5. The fourth-order valence-corrected chi connectivity index (χ4v) is 3.30. The van der Waals surface area contributed by atoms with Gasteiger partial charge in [-0.2, -0.15) is 0 Å². The first-order valence-electron chi connectivity index (χ1n) is 8.05. The lowest BCUT2D eigenvalue weighted by Gasteiger charge is -2.25. The van der Waals surface area contributed by atoms with Gasteiger partial charge in [-0.3, -0.25) is 4.79 Å². The molecule has 2 unspecified atom stereocenters. The number of rotatable bonds is 3. The summed E-state index contributed by atoms with van der Waals surface area (Å²) in [7, 11) is 0. The molecule has 0 bridgehead atoms. The van der Waals surface area contributed by atoms with E-state index in [2.05, 4.69) is 5.32 Å². The Morgan fingerprint density at radius 1 is 1.23 bits per heavy atom. The first-order chi connectivity index (χ1) is 10.6. The Labute approximate surface area is 131 Å². The number of carbonyl (C=O) groups is 2. The minimum absolute atomic E-state index is 0.0236. The molecular weight excluding hydrogens is 278 g/mol. The number of benzene rings is 1. The second-order valence-electron chi connectivity index (χ2n) is 6.18. The van der Waals surface area contributed by atoms with Crippen molar-refractivity contribution in [3.05, 3.63) is 35.9 Å². The van der Waals surface area contributed by atoms with Crippen molar-refractivity contribution in [1.82, 2.24) is 15.1 Å². The van der Waals surface area contributed by atoms with Crippen LogP contribution in [0.5, 0.6) is 0 Å². The minimum Gasteiger partial charge on any atom is -0.334 e. The van der Waals surface area contributed by atoms with E-state index in [1.54, 1.807) is 0 Å². The molecule has 0 radical (unpaired) electrons. The normalized spacial score (nSPS) is 23.0. The average Bonchev–Trinajstić information content (AvgIpc) is 3.17. The summed E-state index contributed by atoms with van der Waals surface area (Å²) in [5, 5.41) is 3.01. The van der Waals surface area contributed by atoms with E-state index in [1.165, 1.54) is 0 Å². The molecule has 0 aliphatic carbocycles. The predicted molar refractivity (Wildman–Crippen MR) is 84.3 cm³/mol. The van der Waals surface area contributed by atoms with Crippen LogP contribution in [-0.4, -0.2) is 47.4 Å². The lowest BCUT2D eigenvalue weighted by Crippen LogP contribution is -2.44. The summed E-state index contributed by atoms with van der Waals surface area (Å²) in [6, 6.07) is 9.96. The van der Waals surface area contributed by atoms with Crippen molar-refractivity contribution in [1.29, 1.82) is 0 Å². The van der Waals surface area contributed by atoms with Gasteiger partial charge < -0.3 is 15.1 Å². The number of urea groups is 1. The molecule has 22 heavy (non-hydrogen) atoms. The van der Waals surface area contributed by atoms with Gasteiger partial charge in [0.15, 0.2) is 0 Å². The molecule has 2 atom stereocenters. The van der Waals surface area contributed by atoms with Gasteiger partial charge in [0.05, 0.1) is 12.1 Å². The molecule has 1 N–H and O–H groups in total. The quantitative estimate of drug-likeness (QED) is 0.930. The molecule has 2 aliphatic rings. The summed E-state index contributed by atoms with van der Waals surface area (Å²) in [6.07, 6.45) is 2.55. The van der Waals surface area contributed by atoms with Crippen molar-refractivity contribution in [2.45, 2.75) is 38.3 Å². The number of hydrogen-bond acceptors (Lipinski definition) is 2. The van der Waals surface area contributed by atoms with Gasteiger partial charge in [-0.15, -0.1) is 0 Å². The second-order valence-corrected chi connectivity index (χ2v) is 6.18. The van der Waals surface area contributed by atoms with E-state index >= 15 is 0 Å². The Morgan fingerprint density at radius 3 is 2.59 bits per heavy atom. The van der Waals surface area contributed by atoms with Gasteiger partial charge in [0, 0.05) is 26.1 Å². The molecule has 2 fully saturated rings. The van der Waals surface area contributed by atoms with E-state index in [0.717, 1.165) is 31.5 Å². The van der Waals surface area contributed by atoms with Gasteiger partial charge in [0.2, 0.25) is 5.91 Å². The first-order valence-corrected chi connectivity index (χ1v) is 8.05. The van der Waals surface area contributed by atoms with Crippen LogP contribution in [0.25, 0.3) is 0 Å². The van der Waals surface area contributed by atoms with Gasteiger partial charge >= 0.3 is 6.03 Å². The maximum Gasteiger partial charge on any atom is 0.317 e. The molecule has 2 heterocycles. The van der Waals surface area contributed by atoms with Gasteiger partial charge in [-0.1, -0.05) is 30.3 Å². The van der Waals surface area contributed by atoms with Gasteiger partial charge in [0.25, 0.3) is 0 Å². The van der Waals surface area contributed by atoms with Crippen molar-refractivity contribution in [2.24, 2.45) is 0 Å². The maximum absolute atomic E-state index is 12.3. The third kappa shape index (κ3) is 3.08. The summed E-state index contributed by atoms with van der Waals surface area (Å²) in [5.41, 5.74) is 1.13. The lowest BCUT2D eigenvalue weighted by molar-refractivity contribution is -0.129. The molecule has 3 rings (SSSR count). The van der Waals surface area contributed by atoms with Crippen molar-refractivity contribution in [3.63, 3.8) is 0 Å². The lowest BCUT2D eigenvalue weighted by atomic mass is 10.1. The van der Waals surface area contributed by atoms with Crippen LogP contribution < -0.4 is 5.32 Å². The summed E-state index contributed by atoms with van der Waals surface area (Å²) < 4.78 is 0. The van der Waals surface area contributed by atoms with Gasteiger partial charge in [0.1, 0.15) is 0 Å². The summed E-state index contributed by atoms with van der Waals surface area (Å²) >= 11 is 0. The van der Waals surface area contributed by atoms with E-state index in [0.29, 0.717) is 13.0 Å². The van der Waals surface area contributed by atoms with E-state index in [-0.39, 0.29) is 24.0 Å². The number of hydrogen-bond donors (Lipinski definition) is 1. The molecule has 2 aliphatic heterocycles. The molecule has 1 aromatic rings. The zero-order valence-electron chi connectivity index (χ0n) is 13.0. The number of nitrogens with one attached hydrogen (secondary N) is 1. The fourth-order valence-electron chi connectivity index (χ4n) is 3.30. The zero-order valence-corrected chi connectivity index (χ0v) is 13.0. The SMILES string of the molecule is CC(c1ccccc1)N1CC(NC(=O)N2CCCC2)CC1=O. The highest BCUT2D eigenvalue weighted by Gasteiger charge is 2.34. The van der Waals surface area contributed by atoms with E-state index in [9.17, 15) is 9.59 Å². The third-order valence-corrected chi connectivity index (χ3v) is 4.63. The van der Waals surface area contributed by atoms with Crippen molar-refractivity contribution >= 4 is 11.9 Å². The molecule has 2 saturated heterocycles. The number of likely N-dealkylation sites (tertiary alicyclic amines) is 2. The van der Waals surface area contributed by atoms with Crippen LogP contribution in [0.1, 0.15) is 37.8 Å². The monoisotopic (exact) mass is 301 g/mol. The fraction of sp³-hybridized carbons (Fsp3) is 0.529. The van der Waals surface area contributed by atoms with Crippen LogP contribution in [0, 0.1) is 0 Å². The standard InChI is InChI=1S/C17H23N3O2/c1-13(14-7-3-2-4-8-14)20-12-15(11-16(20)21)18-17(22)19-9-5-6-10-19/h2-4,7-8,13,15H,5-6,9-12H2,1H3,(H,18,22). The van der Waals surface area contributed by atoms with Crippen molar-refractivity contribution in [2.75, 3.05) is 19.6 Å². The Kier molecular flexibility index (Phi) is 4.32. The van der Waals surface area contributed by atoms with E-state index in [4.69, 9.17) is 0 Å². The number of carbonyl (C=O) groups excluding carboxylic acids is 2. The number of amides is 3. The Balaban J connectivity index is 1.59. The Bertz CT molecular complexity index is 540. The molecule has 3 amide bonds. The largest absolute Gasteiger partial charge is 0.334 e. The summed E-state index contributed by atoms with van der Waals surface area (Å²) in [6.45, 7) is 4.29. The Hall–Kier alpha value is -2.04. The molecule has 5 heteroatoms. The van der Waals surface area contributed by atoms with Crippen LogP contribution in [0.4, 0.5) is 4.79 Å². The maximum atomic E-state index is 12.3. The van der Waals surface area contributed by atoms with Crippen LogP contribution in [0.3, 0.4) is 0 Å². The van der Waals surface area contributed by atoms with Crippen LogP contribution in [-0.2, 0) is 4.79 Å². The average molecular weight is 301 g/mol. The van der Waals surface area contributed by atoms with Crippen molar-refractivity contribution in [3.8, 4) is 0 Å². The van der Waals surface area contributed by atoms with Crippen LogP contribution in [0.15, 0.2) is 30.3 Å². The van der Waals surface area contributed by atoms with Gasteiger partial charge in [-0.05, 0) is 25.3 Å². The minimum atomic E-state index is -0.0771. The van der Waals surface area contributed by atoms with Crippen LogP contribution in [0.2, 0.25) is 0 Å². The van der Waals surface area contributed by atoms with Crippen molar-refractivity contribution < 1.29 is 9.59 Å². The molecule has 118 valence electrons. The number of nitrogens with zero attached hydrogens (tertiary/aromatic N) is 2.